The lowest BCUT2D eigenvalue weighted by molar-refractivity contribution is 0.0937. The Morgan fingerprint density at radius 2 is 2.22 bits per heavy atom. The lowest BCUT2D eigenvalue weighted by atomic mass is 10.2. The number of carbonyl (C=O) groups is 1. The molecule has 18 heavy (non-hydrogen) atoms. The van der Waals surface area contributed by atoms with Gasteiger partial charge in [0, 0.05) is 8.95 Å². The summed E-state index contributed by atoms with van der Waals surface area (Å²) in [5.74, 6) is 0.231. The minimum Gasteiger partial charge on any atom is -0.342 e. The highest BCUT2D eigenvalue weighted by Crippen LogP contribution is 2.22. The van der Waals surface area contributed by atoms with E-state index in [1.54, 1.807) is 19.1 Å². The summed E-state index contributed by atoms with van der Waals surface area (Å²) in [6.45, 7) is 1.79. The van der Waals surface area contributed by atoms with E-state index in [1.807, 2.05) is 6.07 Å². The van der Waals surface area contributed by atoms with E-state index in [2.05, 4.69) is 57.8 Å². The molecule has 1 heterocycles. The number of halogens is 2. The number of nitrogens with zero attached hydrogens (tertiary/aromatic N) is 3. The predicted octanol–water partition coefficient (Wildman–Crippen LogP) is 2.22. The first kappa shape index (κ1) is 13.2. The van der Waals surface area contributed by atoms with Crippen LogP contribution in [0.15, 0.2) is 27.1 Å². The number of amides is 1. The van der Waals surface area contributed by atoms with Gasteiger partial charge in [0.1, 0.15) is 0 Å². The molecule has 1 aromatic heterocycles. The van der Waals surface area contributed by atoms with Gasteiger partial charge in [-0.2, -0.15) is 5.21 Å². The molecule has 0 radical (unpaired) electrons. The van der Waals surface area contributed by atoms with Crippen LogP contribution in [-0.2, 0) is 0 Å². The van der Waals surface area contributed by atoms with Gasteiger partial charge in [-0.25, -0.2) is 0 Å². The summed E-state index contributed by atoms with van der Waals surface area (Å²) in [7, 11) is 0. The van der Waals surface area contributed by atoms with Gasteiger partial charge in [-0.15, -0.1) is 10.2 Å². The number of carbonyl (C=O) groups excluding carboxylic acids is 1. The molecule has 1 aromatic carbocycles. The van der Waals surface area contributed by atoms with Crippen molar-refractivity contribution < 1.29 is 4.79 Å². The Morgan fingerprint density at radius 1 is 1.44 bits per heavy atom. The van der Waals surface area contributed by atoms with Crippen molar-refractivity contribution in [1.82, 2.24) is 25.9 Å². The highest BCUT2D eigenvalue weighted by atomic mass is 79.9. The fourth-order valence-electron chi connectivity index (χ4n) is 1.36. The summed E-state index contributed by atoms with van der Waals surface area (Å²) >= 11 is 6.67. The number of rotatable bonds is 3. The molecular formula is C10H9Br2N5O. The van der Waals surface area contributed by atoms with Crippen LogP contribution in [0.5, 0.6) is 0 Å². The number of hydrogen-bond acceptors (Lipinski definition) is 4. The molecule has 0 aliphatic rings. The molecule has 8 heteroatoms. The highest BCUT2D eigenvalue weighted by molar-refractivity contribution is 9.11. The van der Waals surface area contributed by atoms with Gasteiger partial charge in [0.2, 0.25) is 0 Å². The van der Waals surface area contributed by atoms with Crippen LogP contribution in [0.25, 0.3) is 0 Å². The average Bonchev–Trinajstić information content (AvgIpc) is 2.85. The third kappa shape index (κ3) is 2.94. The summed E-state index contributed by atoms with van der Waals surface area (Å²) in [4.78, 5) is 12.1. The van der Waals surface area contributed by atoms with Crippen LogP contribution in [0, 0.1) is 0 Å². The van der Waals surface area contributed by atoms with E-state index in [1.165, 1.54) is 0 Å². The van der Waals surface area contributed by atoms with E-state index in [4.69, 9.17) is 0 Å². The largest absolute Gasteiger partial charge is 0.342 e. The first-order chi connectivity index (χ1) is 8.58. The van der Waals surface area contributed by atoms with Crippen molar-refractivity contribution in [2.75, 3.05) is 0 Å². The molecule has 0 aliphatic heterocycles. The van der Waals surface area contributed by atoms with Crippen LogP contribution in [0.4, 0.5) is 0 Å². The van der Waals surface area contributed by atoms with Gasteiger partial charge in [0.25, 0.3) is 5.91 Å². The summed E-state index contributed by atoms with van der Waals surface area (Å²) < 4.78 is 1.56. The zero-order chi connectivity index (χ0) is 13.1. The second-order valence-corrected chi connectivity index (χ2v) is 5.36. The molecule has 0 fully saturated rings. The molecule has 0 aliphatic carbocycles. The van der Waals surface area contributed by atoms with Crippen molar-refractivity contribution in [3.63, 3.8) is 0 Å². The molecule has 0 spiro atoms. The minimum atomic E-state index is -0.317. The van der Waals surface area contributed by atoms with Crippen LogP contribution >= 0.6 is 31.9 Å². The zero-order valence-electron chi connectivity index (χ0n) is 9.32. The molecule has 2 rings (SSSR count). The van der Waals surface area contributed by atoms with Gasteiger partial charge in [-0.1, -0.05) is 21.1 Å². The highest BCUT2D eigenvalue weighted by Gasteiger charge is 2.16. The standard InChI is InChI=1S/C10H9Br2N5O/c1-5(9-14-16-17-15-9)13-10(18)7-4-6(11)2-3-8(7)12/h2-5H,1H3,(H,13,18)(H,14,15,16,17). The minimum absolute atomic E-state index is 0.208. The van der Waals surface area contributed by atoms with E-state index < -0.39 is 0 Å². The Kier molecular flexibility index (Phi) is 4.07. The van der Waals surface area contributed by atoms with Crippen molar-refractivity contribution >= 4 is 37.8 Å². The molecule has 6 nitrogen and oxygen atoms in total. The van der Waals surface area contributed by atoms with E-state index >= 15 is 0 Å². The number of aromatic nitrogens is 4. The van der Waals surface area contributed by atoms with Crippen LogP contribution in [-0.4, -0.2) is 26.5 Å². The quantitative estimate of drug-likeness (QED) is 0.862. The van der Waals surface area contributed by atoms with Crippen LogP contribution in [0.2, 0.25) is 0 Å². The zero-order valence-corrected chi connectivity index (χ0v) is 12.5. The monoisotopic (exact) mass is 373 g/mol. The molecule has 1 unspecified atom stereocenters. The van der Waals surface area contributed by atoms with Crippen LogP contribution in [0.1, 0.15) is 29.1 Å². The van der Waals surface area contributed by atoms with E-state index in [0.29, 0.717) is 11.4 Å². The molecule has 2 N–H and O–H groups in total. The third-order valence-corrected chi connectivity index (χ3v) is 3.45. The SMILES string of the molecule is CC(NC(=O)c1cc(Br)ccc1Br)c1nn[nH]n1. The number of aromatic amines is 1. The number of benzene rings is 1. The average molecular weight is 375 g/mol. The summed E-state index contributed by atoms with van der Waals surface area (Å²) in [5, 5.41) is 16.2. The fraction of sp³-hybridized carbons (Fsp3) is 0.200. The van der Waals surface area contributed by atoms with Crippen molar-refractivity contribution in [1.29, 1.82) is 0 Å². The van der Waals surface area contributed by atoms with Gasteiger partial charge in [0.05, 0.1) is 11.6 Å². The lowest BCUT2D eigenvalue weighted by Crippen LogP contribution is -2.27. The van der Waals surface area contributed by atoms with Crippen LogP contribution < -0.4 is 5.32 Å². The maximum atomic E-state index is 12.1. The van der Waals surface area contributed by atoms with Crippen molar-refractivity contribution in [3.05, 3.63) is 38.5 Å². The first-order valence-corrected chi connectivity index (χ1v) is 6.66. The Morgan fingerprint density at radius 3 is 2.89 bits per heavy atom. The molecule has 1 atom stereocenters. The van der Waals surface area contributed by atoms with Crippen molar-refractivity contribution in [2.24, 2.45) is 0 Å². The number of nitrogens with one attached hydrogen (secondary N) is 2. The van der Waals surface area contributed by atoms with Crippen molar-refractivity contribution in [2.45, 2.75) is 13.0 Å². The summed E-state index contributed by atoms with van der Waals surface area (Å²) in [6.07, 6.45) is 0. The number of H-pyrrole nitrogens is 1. The maximum Gasteiger partial charge on any atom is 0.253 e. The third-order valence-electron chi connectivity index (χ3n) is 2.27. The van der Waals surface area contributed by atoms with E-state index in [-0.39, 0.29) is 11.9 Å². The summed E-state index contributed by atoms with van der Waals surface area (Å²) in [5.41, 5.74) is 0.541. The van der Waals surface area contributed by atoms with Crippen molar-refractivity contribution in [3.8, 4) is 0 Å². The Hall–Kier alpha value is -1.28. The lowest BCUT2D eigenvalue weighted by Gasteiger charge is -2.11. The summed E-state index contributed by atoms with van der Waals surface area (Å²) in [6, 6.07) is 5.08. The van der Waals surface area contributed by atoms with Gasteiger partial charge in [0.15, 0.2) is 5.82 Å². The van der Waals surface area contributed by atoms with Gasteiger partial charge < -0.3 is 5.32 Å². The van der Waals surface area contributed by atoms with E-state index in [0.717, 1.165) is 8.95 Å². The van der Waals surface area contributed by atoms with Crippen LogP contribution in [0.3, 0.4) is 0 Å². The van der Waals surface area contributed by atoms with Gasteiger partial charge in [-0.3, -0.25) is 4.79 Å². The molecule has 0 bridgehead atoms. The van der Waals surface area contributed by atoms with E-state index in [9.17, 15) is 4.79 Å². The predicted molar refractivity (Wildman–Crippen MR) is 71.9 cm³/mol. The molecular weight excluding hydrogens is 366 g/mol. The number of tetrazole rings is 1. The number of hydrogen-bond donors (Lipinski definition) is 2. The molecule has 94 valence electrons. The van der Waals surface area contributed by atoms with Gasteiger partial charge >= 0.3 is 0 Å². The fourth-order valence-corrected chi connectivity index (χ4v) is 2.15. The Bertz CT molecular complexity index is 557. The van der Waals surface area contributed by atoms with Gasteiger partial charge in [-0.05, 0) is 41.1 Å². The molecule has 1 amide bonds. The first-order valence-electron chi connectivity index (χ1n) is 5.07. The Balaban J connectivity index is 2.15. The second-order valence-electron chi connectivity index (χ2n) is 3.59. The smallest absolute Gasteiger partial charge is 0.253 e. The maximum absolute atomic E-state index is 12.1. The normalized spacial score (nSPS) is 12.2. The second kappa shape index (κ2) is 5.57. The molecule has 2 aromatic rings. The topological polar surface area (TPSA) is 83.6 Å². The molecule has 0 saturated carbocycles. The molecule has 0 saturated heterocycles. The Labute approximate surface area is 120 Å².